The number of epoxide rings is 1. The molecule has 13 nitrogen and oxygen atoms in total. The van der Waals surface area contributed by atoms with Gasteiger partial charge in [0.05, 0.1) is 6.61 Å². The van der Waals surface area contributed by atoms with E-state index in [1.807, 2.05) is 0 Å². The van der Waals surface area contributed by atoms with Gasteiger partial charge >= 0.3 is 29.8 Å². The first-order valence-corrected chi connectivity index (χ1v) is 14.4. The third-order valence-corrected chi connectivity index (χ3v) is 9.99. The normalized spacial score (nSPS) is 41.1. The fourth-order valence-corrected chi connectivity index (χ4v) is 8.08. The molecule has 1 heterocycles. The van der Waals surface area contributed by atoms with E-state index in [0.29, 0.717) is 5.57 Å². The number of aliphatic hydroxyl groups excluding tert-OH is 1. The molecule has 43 heavy (non-hydrogen) atoms. The number of esters is 5. The second-order valence-corrected chi connectivity index (χ2v) is 13.0. The van der Waals surface area contributed by atoms with E-state index in [9.17, 15) is 34.2 Å². The fourth-order valence-electron chi connectivity index (χ4n) is 8.08. The molecule has 2 N–H and O–H groups in total. The number of hydrogen-bond donors (Lipinski definition) is 2. The lowest BCUT2D eigenvalue weighted by Crippen LogP contribution is -2.76. The predicted octanol–water partition coefficient (Wildman–Crippen LogP) is 1.29. The Morgan fingerprint density at radius 3 is 1.74 bits per heavy atom. The van der Waals surface area contributed by atoms with Gasteiger partial charge in [-0.1, -0.05) is 20.8 Å². The molecule has 0 amide bonds. The molecule has 0 aromatic rings. The van der Waals surface area contributed by atoms with Gasteiger partial charge < -0.3 is 38.6 Å². The van der Waals surface area contributed by atoms with Crippen molar-refractivity contribution in [2.45, 2.75) is 123 Å². The van der Waals surface area contributed by atoms with Gasteiger partial charge in [0.1, 0.15) is 41.7 Å². The Labute approximate surface area is 250 Å². The molecule has 2 saturated carbocycles. The maximum Gasteiger partial charge on any atom is 0.303 e. The van der Waals surface area contributed by atoms with Crippen molar-refractivity contribution in [1.29, 1.82) is 0 Å². The molecule has 4 aliphatic rings. The van der Waals surface area contributed by atoms with Gasteiger partial charge in [-0.25, -0.2) is 0 Å². The Bertz CT molecular complexity index is 1250. The summed E-state index contributed by atoms with van der Waals surface area (Å²) in [5, 5.41) is 25.4. The van der Waals surface area contributed by atoms with Crippen molar-refractivity contribution in [1.82, 2.24) is 0 Å². The van der Waals surface area contributed by atoms with Gasteiger partial charge in [-0.15, -0.1) is 0 Å². The molecule has 4 rings (SSSR count). The molecule has 1 saturated heterocycles. The third-order valence-electron chi connectivity index (χ3n) is 9.99. The largest absolute Gasteiger partial charge is 0.462 e. The van der Waals surface area contributed by atoms with Gasteiger partial charge in [0.25, 0.3) is 0 Å². The summed E-state index contributed by atoms with van der Waals surface area (Å²) in [6, 6.07) is 0. The first-order chi connectivity index (χ1) is 19.7. The quantitative estimate of drug-likeness (QED) is 0.197. The van der Waals surface area contributed by atoms with E-state index < -0.39 is 94.4 Å². The van der Waals surface area contributed by atoms with Crippen LogP contribution in [0.2, 0.25) is 0 Å². The Morgan fingerprint density at radius 1 is 0.791 bits per heavy atom. The van der Waals surface area contributed by atoms with Crippen molar-refractivity contribution in [3.63, 3.8) is 0 Å². The summed E-state index contributed by atoms with van der Waals surface area (Å²) < 4.78 is 34.9. The number of carbonyl (C=O) groups is 5. The molecule has 0 aromatic heterocycles. The summed E-state index contributed by atoms with van der Waals surface area (Å²) in [6.07, 6.45) is -8.16. The summed E-state index contributed by atoms with van der Waals surface area (Å²) in [4.78, 5) is 62.3. The smallest absolute Gasteiger partial charge is 0.303 e. The number of aliphatic hydroxyl groups is 2. The lowest BCUT2D eigenvalue weighted by Gasteiger charge is -2.64. The van der Waals surface area contributed by atoms with Crippen molar-refractivity contribution >= 4 is 29.8 Å². The van der Waals surface area contributed by atoms with E-state index in [0.717, 1.165) is 6.92 Å². The van der Waals surface area contributed by atoms with Crippen LogP contribution >= 0.6 is 0 Å². The van der Waals surface area contributed by atoms with Crippen LogP contribution in [0, 0.1) is 16.7 Å². The van der Waals surface area contributed by atoms with Crippen LogP contribution in [-0.4, -0.2) is 94.5 Å². The molecule has 3 fully saturated rings. The zero-order valence-corrected chi connectivity index (χ0v) is 26.0. The maximum absolute atomic E-state index is 12.9. The van der Waals surface area contributed by atoms with Crippen LogP contribution in [0.5, 0.6) is 0 Å². The Kier molecular flexibility index (Phi) is 8.29. The molecule has 6 unspecified atom stereocenters. The molecule has 2 bridgehead atoms. The minimum atomic E-state index is -2.05. The molecule has 13 heteroatoms. The Hall–Kier alpha value is -3.03. The van der Waals surface area contributed by atoms with E-state index in [1.54, 1.807) is 27.7 Å². The monoisotopic (exact) mass is 610 g/mol. The highest BCUT2D eigenvalue weighted by atomic mass is 16.6. The van der Waals surface area contributed by atoms with Gasteiger partial charge in [-0.2, -0.15) is 0 Å². The van der Waals surface area contributed by atoms with E-state index in [1.165, 1.54) is 27.7 Å². The third kappa shape index (κ3) is 5.12. The Morgan fingerprint density at radius 2 is 1.28 bits per heavy atom. The molecule has 3 aliphatic carbocycles. The topological polar surface area (TPSA) is 184 Å². The molecule has 0 radical (unpaired) electrons. The van der Waals surface area contributed by atoms with Crippen LogP contribution in [0.25, 0.3) is 0 Å². The number of carbonyl (C=O) groups excluding carboxylic acids is 5. The molecular formula is C30H42O13. The van der Waals surface area contributed by atoms with E-state index in [4.69, 9.17) is 28.4 Å². The highest BCUT2D eigenvalue weighted by Gasteiger charge is 2.79. The standard InChI is InChI=1S/C30H42O13/c1-13-19(39-14(2)31)11-30(37)26(43-18(6)35)24-28(9,25(36)23(42-17(5)34)22(13)27(30,7)8)20(40-15(3)32)10-21(41-16(4)33)29(24)12-38-29/h19-21,23-26,36-37H,10-12H2,1-9H3/t19?,20?,21?,23?,24-,25?,26?,28+,29-,30+/m0/s1. The molecule has 10 atom stereocenters. The summed E-state index contributed by atoms with van der Waals surface area (Å²) in [5.41, 5.74) is -5.73. The molecular weight excluding hydrogens is 568 g/mol. The second kappa shape index (κ2) is 10.8. The number of hydrogen-bond acceptors (Lipinski definition) is 13. The lowest BCUT2D eigenvalue weighted by atomic mass is 9.45. The maximum atomic E-state index is 12.9. The first kappa shape index (κ1) is 32.9. The van der Waals surface area contributed by atoms with Gasteiger partial charge in [-0.3, -0.25) is 24.0 Å². The second-order valence-electron chi connectivity index (χ2n) is 13.0. The van der Waals surface area contributed by atoms with Crippen molar-refractivity contribution in [2.24, 2.45) is 16.7 Å². The van der Waals surface area contributed by atoms with Gasteiger partial charge in [-0.05, 0) is 18.1 Å². The zero-order chi connectivity index (χ0) is 32.4. The SMILES string of the molecule is CC(=O)OC1C[C@@]2(O)C(OC(C)=O)[C@H]3[C@@](C)(C(OC(C)=O)CC(OC(C)=O)[C@@]34CO4)C(O)C(OC(C)=O)C(=C1C)C2(C)C. The van der Waals surface area contributed by atoms with Crippen LogP contribution in [0.3, 0.4) is 0 Å². The van der Waals surface area contributed by atoms with Gasteiger partial charge in [0, 0.05) is 64.2 Å². The highest BCUT2D eigenvalue weighted by Crippen LogP contribution is 2.66. The number of ether oxygens (including phenoxy) is 6. The summed E-state index contributed by atoms with van der Waals surface area (Å²) >= 11 is 0. The van der Waals surface area contributed by atoms with Gasteiger partial charge in [0.2, 0.25) is 0 Å². The van der Waals surface area contributed by atoms with Crippen LogP contribution in [0.15, 0.2) is 11.1 Å². The van der Waals surface area contributed by atoms with Crippen molar-refractivity contribution < 1.29 is 62.6 Å². The van der Waals surface area contributed by atoms with E-state index >= 15 is 0 Å². The van der Waals surface area contributed by atoms with Crippen LogP contribution < -0.4 is 0 Å². The van der Waals surface area contributed by atoms with E-state index in [2.05, 4.69) is 0 Å². The van der Waals surface area contributed by atoms with E-state index in [-0.39, 0.29) is 25.0 Å². The zero-order valence-electron chi connectivity index (χ0n) is 26.0. The minimum Gasteiger partial charge on any atom is -0.462 e. The van der Waals surface area contributed by atoms with Crippen LogP contribution in [-0.2, 0) is 52.4 Å². The number of rotatable bonds is 5. The molecule has 1 aliphatic heterocycles. The average Bonchev–Trinajstić information content (AvgIpc) is 3.63. The fraction of sp³-hybridized carbons (Fsp3) is 0.767. The molecule has 1 spiro atoms. The van der Waals surface area contributed by atoms with Gasteiger partial charge in [0.15, 0.2) is 6.10 Å². The summed E-state index contributed by atoms with van der Waals surface area (Å²) in [7, 11) is 0. The molecule has 240 valence electrons. The predicted molar refractivity (Wildman–Crippen MR) is 145 cm³/mol. The number of fused-ring (bicyclic) bond motifs is 4. The van der Waals surface area contributed by atoms with Crippen molar-refractivity contribution in [3.8, 4) is 0 Å². The lowest BCUT2D eigenvalue weighted by molar-refractivity contribution is -0.282. The summed E-state index contributed by atoms with van der Waals surface area (Å²) in [5.74, 6) is -4.70. The van der Waals surface area contributed by atoms with Crippen LogP contribution in [0.1, 0.15) is 75.2 Å². The summed E-state index contributed by atoms with van der Waals surface area (Å²) in [6.45, 7) is 12.5. The highest BCUT2D eigenvalue weighted by molar-refractivity contribution is 5.69. The van der Waals surface area contributed by atoms with Crippen LogP contribution in [0.4, 0.5) is 0 Å². The van der Waals surface area contributed by atoms with Crippen molar-refractivity contribution in [2.75, 3.05) is 6.61 Å². The molecule has 0 aromatic carbocycles. The Balaban J connectivity index is 2.12. The first-order valence-electron chi connectivity index (χ1n) is 14.4. The van der Waals surface area contributed by atoms with Crippen molar-refractivity contribution in [3.05, 3.63) is 11.1 Å². The average molecular weight is 611 g/mol. The minimum absolute atomic E-state index is 0.00762.